The Balaban J connectivity index is 2.16. The molecule has 4 heteroatoms. The summed E-state index contributed by atoms with van der Waals surface area (Å²) in [5.41, 5.74) is 0.482. The van der Waals surface area contributed by atoms with Crippen LogP contribution in [0.5, 0.6) is 0 Å². The zero-order valence-corrected chi connectivity index (χ0v) is 11.7. The largest absolute Gasteiger partial charge is 0.460 e. The summed E-state index contributed by atoms with van der Waals surface area (Å²) in [6.07, 6.45) is 3.85. The molecule has 1 heterocycles. The summed E-state index contributed by atoms with van der Waals surface area (Å²) in [7, 11) is 0. The smallest absolute Gasteiger partial charge is 0.333 e. The molecular weight excluding hydrogens is 240 g/mol. The van der Waals surface area contributed by atoms with Crippen molar-refractivity contribution in [3.63, 3.8) is 0 Å². The van der Waals surface area contributed by atoms with Crippen molar-refractivity contribution in [3.8, 4) is 0 Å². The van der Waals surface area contributed by atoms with Gasteiger partial charge < -0.3 is 4.74 Å². The molecule has 0 aromatic heterocycles. The number of carbonyl (C=O) groups is 1. The molecule has 0 amide bonds. The molecule has 0 aromatic carbocycles. The summed E-state index contributed by atoms with van der Waals surface area (Å²) in [6.45, 7) is 7.99. The molecule has 0 saturated carbocycles. The van der Waals surface area contributed by atoms with Crippen molar-refractivity contribution in [2.45, 2.75) is 42.9 Å². The number of hydrogen-bond acceptors (Lipinski definition) is 4. The van der Waals surface area contributed by atoms with E-state index in [9.17, 15) is 4.79 Å². The van der Waals surface area contributed by atoms with Gasteiger partial charge in [0.25, 0.3) is 0 Å². The maximum absolute atomic E-state index is 11.2. The van der Waals surface area contributed by atoms with Crippen molar-refractivity contribution >= 4 is 29.5 Å². The number of esters is 1. The Morgan fingerprint density at radius 1 is 1.56 bits per heavy atom. The van der Waals surface area contributed by atoms with E-state index in [1.807, 2.05) is 23.5 Å². The van der Waals surface area contributed by atoms with Gasteiger partial charge in [-0.3, -0.25) is 0 Å². The molecule has 16 heavy (non-hydrogen) atoms. The monoisotopic (exact) mass is 260 g/mol. The first-order chi connectivity index (χ1) is 7.63. The fourth-order valence-corrected chi connectivity index (χ4v) is 4.66. The van der Waals surface area contributed by atoms with E-state index < -0.39 is 0 Å². The van der Waals surface area contributed by atoms with Crippen molar-refractivity contribution in [2.24, 2.45) is 0 Å². The molecule has 2 atom stereocenters. The van der Waals surface area contributed by atoms with Crippen LogP contribution in [0.3, 0.4) is 0 Å². The molecule has 1 aliphatic rings. The number of unbranched alkanes of at least 4 members (excludes halogenated alkanes) is 1. The standard InChI is InChI=1S/C12H20O2S2/c1-4-5-6-10-8-15-11(16-10)7-14-12(13)9(2)3/h10-11H,2,4-8H2,1,3H3. The van der Waals surface area contributed by atoms with E-state index in [1.54, 1.807) is 6.92 Å². The molecule has 0 radical (unpaired) electrons. The minimum absolute atomic E-state index is 0.266. The Morgan fingerprint density at radius 2 is 2.31 bits per heavy atom. The highest BCUT2D eigenvalue weighted by Gasteiger charge is 2.26. The van der Waals surface area contributed by atoms with Gasteiger partial charge in [0.1, 0.15) is 6.61 Å². The first-order valence-corrected chi connectivity index (χ1v) is 7.72. The summed E-state index contributed by atoms with van der Waals surface area (Å²) in [4.78, 5) is 11.2. The highest BCUT2D eigenvalue weighted by Crippen LogP contribution is 2.40. The molecular formula is C12H20O2S2. The van der Waals surface area contributed by atoms with Crippen molar-refractivity contribution in [1.82, 2.24) is 0 Å². The number of hydrogen-bond donors (Lipinski definition) is 0. The van der Waals surface area contributed by atoms with Crippen LogP contribution in [0, 0.1) is 0 Å². The van der Waals surface area contributed by atoms with Gasteiger partial charge >= 0.3 is 5.97 Å². The molecule has 0 aromatic rings. The van der Waals surface area contributed by atoms with Crippen molar-refractivity contribution in [3.05, 3.63) is 12.2 Å². The Kier molecular flexibility index (Phi) is 6.36. The normalized spacial score (nSPS) is 24.4. The lowest BCUT2D eigenvalue weighted by Gasteiger charge is -2.10. The van der Waals surface area contributed by atoms with Gasteiger partial charge in [-0.2, -0.15) is 0 Å². The first-order valence-electron chi connectivity index (χ1n) is 5.73. The Labute approximate surface area is 107 Å². The zero-order valence-electron chi connectivity index (χ0n) is 10.0. The molecule has 1 saturated heterocycles. The van der Waals surface area contributed by atoms with Gasteiger partial charge in [-0.15, -0.1) is 23.5 Å². The lowest BCUT2D eigenvalue weighted by molar-refractivity contribution is -0.138. The van der Waals surface area contributed by atoms with Gasteiger partial charge in [-0.05, 0) is 13.3 Å². The van der Waals surface area contributed by atoms with E-state index in [4.69, 9.17) is 4.74 Å². The molecule has 0 N–H and O–H groups in total. The summed E-state index contributed by atoms with van der Waals surface area (Å²) in [5.74, 6) is 0.929. The summed E-state index contributed by atoms with van der Waals surface area (Å²) < 4.78 is 5.58. The van der Waals surface area contributed by atoms with Crippen LogP contribution in [0.25, 0.3) is 0 Å². The quantitative estimate of drug-likeness (QED) is 0.539. The highest BCUT2D eigenvalue weighted by molar-refractivity contribution is 8.20. The van der Waals surface area contributed by atoms with Gasteiger partial charge in [0.05, 0.1) is 4.58 Å². The average molecular weight is 260 g/mol. The molecule has 92 valence electrons. The fourth-order valence-electron chi connectivity index (χ4n) is 1.45. The van der Waals surface area contributed by atoms with Crippen LogP contribution in [0.4, 0.5) is 0 Å². The van der Waals surface area contributed by atoms with Crippen LogP contribution >= 0.6 is 23.5 Å². The molecule has 1 aliphatic heterocycles. The fraction of sp³-hybridized carbons (Fsp3) is 0.750. The number of ether oxygens (including phenoxy) is 1. The van der Waals surface area contributed by atoms with E-state index in [0.29, 0.717) is 16.8 Å². The van der Waals surface area contributed by atoms with Gasteiger partial charge in [0.15, 0.2) is 0 Å². The summed E-state index contributed by atoms with van der Waals surface area (Å²) in [5, 5.41) is 0.749. The second-order valence-corrected chi connectivity index (χ2v) is 7.08. The third-order valence-corrected chi connectivity index (χ3v) is 5.67. The van der Waals surface area contributed by atoms with Gasteiger partial charge in [-0.1, -0.05) is 26.3 Å². The van der Waals surface area contributed by atoms with E-state index in [-0.39, 0.29) is 5.97 Å². The Bertz CT molecular complexity index is 253. The van der Waals surface area contributed by atoms with E-state index in [1.165, 1.54) is 25.0 Å². The van der Waals surface area contributed by atoms with Crippen molar-refractivity contribution in [2.75, 3.05) is 12.4 Å². The molecule has 0 aliphatic carbocycles. The van der Waals surface area contributed by atoms with E-state index >= 15 is 0 Å². The summed E-state index contributed by atoms with van der Waals surface area (Å²) >= 11 is 3.87. The third-order valence-electron chi connectivity index (χ3n) is 2.39. The van der Waals surface area contributed by atoms with Crippen LogP contribution in [-0.4, -0.2) is 28.2 Å². The Morgan fingerprint density at radius 3 is 2.94 bits per heavy atom. The number of rotatable bonds is 6. The average Bonchev–Trinajstić information content (AvgIpc) is 2.70. The van der Waals surface area contributed by atoms with Crippen LogP contribution in [0.2, 0.25) is 0 Å². The molecule has 0 spiro atoms. The second kappa shape index (κ2) is 7.28. The van der Waals surface area contributed by atoms with E-state index in [2.05, 4.69) is 13.5 Å². The van der Waals surface area contributed by atoms with Crippen molar-refractivity contribution in [1.29, 1.82) is 0 Å². The van der Waals surface area contributed by atoms with Gasteiger partial charge in [0, 0.05) is 16.6 Å². The zero-order chi connectivity index (χ0) is 12.0. The van der Waals surface area contributed by atoms with Crippen molar-refractivity contribution < 1.29 is 9.53 Å². The van der Waals surface area contributed by atoms with Crippen LogP contribution in [0.15, 0.2) is 12.2 Å². The molecule has 2 unspecified atom stereocenters. The van der Waals surface area contributed by atoms with Gasteiger partial charge in [-0.25, -0.2) is 4.79 Å². The minimum atomic E-state index is -0.266. The first kappa shape index (κ1) is 14.0. The summed E-state index contributed by atoms with van der Waals surface area (Å²) in [6, 6.07) is 0. The molecule has 1 rings (SSSR count). The lowest BCUT2D eigenvalue weighted by Crippen LogP contribution is -2.12. The van der Waals surface area contributed by atoms with E-state index in [0.717, 1.165) is 5.25 Å². The maximum atomic E-state index is 11.2. The maximum Gasteiger partial charge on any atom is 0.333 e. The molecule has 1 fully saturated rings. The third kappa shape index (κ3) is 4.83. The Hall–Kier alpha value is -0.0900. The number of carbonyl (C=O) groups excluding carboxylic acids is 1. The highest BCUT2D eigenvalue weighted by atomic mass is 32.2. The van der Waals surface area contributed by atoms with Crippen LogP contribution < -0.4 is 0 Å². The SMILES string of the molecule is C=C(C)C(=O)OCC1SCC(CCCC)S1. The predicted molar refractivity (Wildman–Crippen MR) is 72.9 cm³/mol. The van der Waals surface area contributed by atoms with Gasteiger partial charge in [0.2, 0.25) is 0 Å². The molecule has 0 bridgehead atoms. The van der Waals surface area contributed by atoms with Crippen LogP contribution in [0.1, 0.15) is 33.1 Å². The minimum Gasteiger partial charge on any atom is -0.460 e. The number of thioether (sulfide) groups is 2. The lowest BCUT2D eigenvalue weighted by atomic mass is 10.2. The second-order valence-electron chi connectivity index (χ2n) is 4.04. The molecule has 2 nitrogen and oxygen atoms in total. The predicted octanol–water partition coefficient (Wildman–Crippen LogP) is 3.47. The van der Waals surface area contributed by atoms with Crippen LogP contribution in [-0.2, 0) is 9.53 Å². The topological polar surface area (TPSA) is 26.3 Å².